The van der Waals surface area contributed by atoms with Crippen LogP contribution in [-0.2, 0) is 4.79 Å². The first-order valence-corrected chi connectivity index (χ1v) is 9.01. The Balaban J connectivity index is 1.58. The number of aromatic nitrogens is 2. The van der Waals surface area contributed by atoms with Crippen molar-refractivity contribution in [2.75, 3.05) is 16.4 Å². The van der Waals surface area contributed by atoms with E-state index >= 15 is 0 Å². The largest absolute Gasteiger partial charge is 0.383 e. The van der Waals surface area contributed by atoms with E-state index in [-0.39, 0.29) is 17.6 Å². The highest BCUT2D eigenvalue weighted by Gasteiger charge is 2.13. The lowest BCUT2D eigenvalue weighted by atomic mass is 10.0. The maximum Gasteiger partial charge on any atom is 0.259 e. The number of amides is 2. The van der Waals surface area contributed by atoms with Gasteiger partial charge in [0.05, 0.1) is 5.56 Å². The molecule has 0 aliphatic heterocycles. The second-order valence-corrected chi connectivity index (χ2v) is 6.65. The van der Waals surface area contributed by atoms with Gasteiger partial charge in [0.1, 0.15) is 5.82 Å². The average molecular weight is 385 g/mol. The zero-order valence-electron chi connectivity index (χ0n) is 15.7. The van der Waals surface area contributed by atoms with Crippen LogP contribution >= 0.6 is 0 Å². The molecule has 7 heteroatoms. The molecule has 2 aromatic heterocycles. The Hall–Kier alpha value is -4.13. The van der Waals surface area contributed by atoms with Gasteiger partial charge in [-0.3, -0.25) is 9.59 Å². The minimum Gasteiger partial charge on any atom is -0.383 e. The molecule has 0 unspecified atom stereocenters. The summed E-state index contributed by atoms with van der Waals surface area (Å²) in [6, 6.07) is 16.5. The van der Waals surface area contributed by atoms with Crippen molar-refractivity contribution in [1.29, 1.82) is 0 Å². The van der Waals surface area contributed by atoms with Gasteiger partial charge in [-0.1, -0.05) is 6.07 Å². The molecule has 0 fully saturated rings. The highest BCUT2D eigenvalue weighted by Crippen LogP contribution is 2.26. The van der Waals surface area contributed by atoms with Crippen molar-refractivity contribution in [3.63, 3.8) is 0 Å². The number of hydrogen-bond donors (Lipinski definition) is 4. The maximum atomic E-state index is 12.7. The van der Waals surface area contributed by atoms with Crippen molar-refractivity contribution in [1.82, 2.24) is 9.97 Å². The summed E-state index contributed by atoms with van der Waals surface area (Å²) in [6.45, 7) is 1.44. The van der Waals surface area contributed by atoms with E-state index < -0.39 is 0 Å². The molecular weight excluding hydrogens is 366 g/mol. The number of nitrogens with one attached hydrogen (secondary N) is 3. The van der Waals surface area contributed by atoms with Crippen molar-refractivity contribution in [2.24, 2.45) is 0 Å². The van der Waals surface area contributed by atoms with Crippen molar-refractivity contribution < 1.29 is 9.59 Å². The van der Waals surface area contributed by atoms with Crippen LogP contribution in [0.4, 0.5) is 17.2 Å². The molecule has 0 aliphatic carbocycles. The number of anilines is 3. The molecule has 0 bridgehead atoms. The summed E-state index contributed by atoms with van der Waals surface area (Å²) >= 11 is 0. The smallest absolute Gasteiger partial charge is 0.259 e. The summed E-state index contributed by atoms with van der Waals surface area (Å²) in [5, 5.41) is 6.56. The minimum atomic E-state index is -0.355. The molecule has 0 aliphatic rings. The third-order valence-electron chi connectivity index (χ3n) is 4.51. The second-order valence-electron chi connectivity index (χ2n) is 6.65. The van der Waals surface area contributed by atoms with Crippen LogP contribution in [0, 0.1) is 0 Å². The van der Waals surface area contributed by atoms with E-state index in [2.05, 4.69) is 20.6 Å². The number of aromatic amines is 1. The quantitative estimate of drug-likeness (QED) is 0.425. The van der Waals surface area contributed by atoms with Crippen molar-refractivity contribution in [3.8, 4) is 11.1 Å². The number of hydrogen-bond acceptors (Lipinski definition) is 4. The van der Waals surface area contributed by atoms with Gasteiger partial charge in [0.25, 0.3) is 5.91 Å². The van der Waals surface area contributed by atoms with Gasteiger partial charge < -0.3 is 21.4 Å². The number of pyridine rings is 1. The molecule has 7 nitrogen and oxygen atoms in total. The zero-order valence-corrected chi connectivity index (χ0v) is 15.7. The molecule has 2 aromatic carbocycles. The molecular formula is C22H19N5O2. The Labute approximate surface area is 167 Å². The SMILES string of the molecule is CC(=O)Nc1ccc(NC(=O)c2cc(-c3ccc4[nH]ccc4c3)cnc2N)cc1. The molecule has 0 spiro atoms. The van der Waals surface area contributed by atoms with E-state index in [1.165, 1.54) is 6.92 Å². The van der Waals surface area contributed by atoms with Crippen LogP contribution < -0.4 is 16.4 Å². The van der Waals surface area contributed by atoms with Crippen molar-refractivity contribution in [3.05, 3.63) is 72.6 Å². The van der Waals surface area contributed by atoms with E-state index in [0.29, 0.717) is 16.9 Å². The van der Waals surface area contributed by atoms with Crippen LogP contribution in [0.2, 0.25) is 0 Å². The van der Waals surface area contributed by atoms with Crippen LogP contribution in [0.15, 0.2) is 67.0 Å². The number of nitrogens with two attached hydrogens (primary N) is 1. The Kier molecular flexibility index (Phi) is 4.70. The molecule has 0 saturated heterocycles. The lowest BCUT2D eigenvalue weighted by molar-refractivity contribution is -0.114. The van der Waals surface area contributed by atoms with Crippen LogP contribution in [0.1, 0.15) is 17.3 Å². The Morgan fingerprint density at radius 3 is 2.38 bits per heavy atom. The summed E-state index contributed by atoms with van der Waals surface area (Å²) in [7, 11) is 0. The predicted octanol–water partition coefficient (Wildman–Crippen LogP) is 4.02. The van der Waals surface area contributed by atoms with Crippen molar-refractivity contribution >= 4 is 39.9 Å². The van der Waals surface area contributed by atoms with Gasteiger partial charge in [0.15, 0.2) is 0 Å². The van der Waals surface area contributed by atoms with E-state index in [4.69, 9.17) is 5.73 Å². The number of nitrogen functional groups attached to an aromatic ring is 1. The molecule has 0 atom stereocenters. The maximum absolute atomic E-state index is 12.7. The topological polar surface area (TPSA) is 113 Å². The summed E-state index contributed by atoms with van der Waals surface area (Å²) in [4.78, 5) is 31.2. The van der Waals surface area contributed by atoms with Gasteiger partial charge in [0.2, 0.25) is 5.91 Å². The lowest BCUT2D eigenvalue weighted by Gasteiger charge is -2.10. The number of rotatable bonds is 4. The van der Waals surface area contributed by atoms with E-state index in [9.17, 15) is 9.59 Å². The molecule has 2 heterocycles. The Bertz CT molecular complexity index is 1210. The lowest BCUT2D eigenvalue weighted by Crippen LogP contribution is -2.15. The first-order valence-electron chi connectivity index (χ1n) is 9.01. The van der Waals surface area contributed by atoms with E-state index in [1.54, 1.807) is 36.5 Å². The highest BCUT2D eigenvalue weighted by molar-refractivity contribution is 6.08. The monoisotopic (exact) mass is 385 g/mol. The molecule has 4 aromatic rings. The van der Waals surface area contributed by atoms with Crippen LogP contribution in [0.3, 0.4) is 0 Å². The van der Waals surface area contributed by atoms with E-state index in [1.807, 2.05) is 30.5 Å². The fraction of sp³-hybridized carbons (Fsp3) is 0.0455. The first kappa shape index (κ1) is 18.2. The molecule has 4 rings (SSSR count). The number of carbonyl (C=O) groups excluding carboxylic acids is 2. The fourth-order valence-corrected chi connectivity index (χ4v) is 3.09. The Morgan fingerprint density at radius 1 is 0.931 bits per heavy atom. The van der Waals surface area contributed by atoms with Gasteiger partial charge in [-0.15, -0.1) is 0 Å². The molecule has 5 N–H and O–H groups in total. The standard InChI is InChI=1S/C22H19N5O2/c1-13(28)26-17-3-5-18(6-4-17)27-22(29)19-11-16(12-25-21(19)23)14-2-7-20-15(10-14)8-9-24-20/h2-12,24H,1H3,(H2,23,25)(H,26,28)(H,27,29). The van der Waals surface area contributed by atoms with E-state index in [0.717, 1.165) is 22.0 Å². The number of nitrogens with zero attached hydrogens (tertiary/aromatic N) is 1. The van der Waals surface area contributed by atoms with Gasteiger partial charge in [-0.05, 0) is 59.5 Å². The summed E-state index contributed by atoms with van der Waals surface area (Å²) in [5.74, 6) is -0.356. The van der Waals surface area contributed by atoms with Crippen LogP contribution in [0.5, 0.6) is 0 Å². The summed E-state index contributed by atoms with van der Waals surface area (Å²) in [6.07, 6.45) is 3.54. The normalized spacial score (nSPS) is 10.7. The number of benzene rings is 2. The van der Waals surface area contributed by atoms with Crippen LogP contribution in [0.25, 0.3) is 22.0 Å². The fourth-order valence-electron chi connectivity index (χ4n) is 3.09. The third-order valence-corrected chi connectivity index (χ3v) is 4.51. The summed E-state index contributed by atoms with van der Waals surface area (Å²) in [5.41, 5.74) is 10.3. The first-order chi connectivity index (χ1) is 14.0. The second kappa shape index (κ2) is 7.47. The predicted molar refractivity (Wildman–Crippen MR) is 115 cm³/mol. The molecule has 0 saturated carbocycles. The zero-order chi connectivity index (χ0) is 20.4. The van der Waals surface area contributed by atoms with Crippen molar-refractivity contribution in [2.45, 2.75) is 6.92 Å². The van der Waals surface area contributed by atoms with Gasteiger partial charge in [0, 0.05) is 41.8 Å². The average Bonchev–Trinajstić information content (AvgIpc) is 3.17. The number of H-pyrrole nitrogens is 1. The highest BCUT2D eigenvalue weighted by atomic mass is 16.2. The van der Waals surface area contributed by atoms with Gasteiger partial charge >= 0.3 is 0 Å². The van der Waals surface area contributed by atoms with Crippen LogP contribution in [-0.4, -0.2) is 21.8 Å². The van der Waals surface area contributed by atoms with Gasteiger partial charge in [-0.25, -0.2) is 4.98 Å². The Morgan fingerprint density at radius 2 is 1.66 bits per heavy atom. The minimum absolute atomic E-state index is 0.156. The molecule has 29 heavy (non-hydrogen) atoms. The molecule has 2 amide bonds. The third kappa shape index (κ3) is 3.93. The summed E-state index contributed by atoms with van der Waals surface area (Å²) < 4.78 is 0. The van der Waals surface area contributed by atoms with Gasteiger partial charge in [-0.2, -0.15) is 0 Å². The molecule has 144 valence electrons. The molecule has 0 radical (unpaired) electrons. The number of carbonyl (C=O) groups is 2. The number of fused-ring (bicyclic) bond motifs is 1.